The molecule has 0 aromatic heterocycles. The first-order valence-electron chi connectivity index (χ1n) is 4.79. The highest BCUT2D eigenvalue weighted by atomic mass is 35.5. The van der Waals surface area contributed by atoms with Crippen molar-refractivity contribution in [2.24, 2.45) is 5.10 Å². The molecule has 1 aromatic carbocycles. The van der Waals surface area contributed by atoms with Gasteiger partial charge in [-0.15, -0.1) is 0 Å². The molecule has 0 atom stereocenters. The fourth-order valence-corrected chi connectivity index (χ4v) is 1.23. The molecule has 17 heavy (non-hydrogen) atoms. The maximum Gasteiger partial charge on any atom is 0.182 e. The lowest BCUT2D eigenvalue weighted by molar-refractivity contribution is -0.122. The number of anilines is 1. The Balaban J connectivity index is 2.58. The fraction of sp³-hybridized carbons (Fsp3) is 0.182. The number of hydrazone groups is 1. The lowest BCUT2D eigenvalue weighted by Crippen LogP contribution is -2.06. The summed E-state index contributed by atoms with van der Waals surface area (Å²) in [6, 6.07) is 4.43. The Hall–Kier alpha value is -1.88. The molecule has 0 aliphatic carbocycles. The zero-order valence-corrected chi connectivity index (χ0v) is 9.86. The van der Waals surface area contributed by atoms with E-state index in [1.54, 1.807) is 6.07 Å². The largest absolute Gasteiger partial charge is 0.506 e. The van der Waals surface area contributed by atoms with E-state index in [9.17, 15) is 14.7 Å². The van der Waals surface area contributed by atoms with Gasteiger partial charge in [0.2, 0.25) is 0 Å². The highest BCUT2D eigenvalue weighted by Gasteiger charge is 2.02. The second-order valence-corrected chi connectivity index (χ2v) is 3.81. The van der Waals surface area contributed by atoms with E-state index in [1.807, 2.05) is 0 Å². The van der Waals surface area contributed by atoms with Crippen molar-refractivity contribution < 1.29 is 14.7 Å². The third-order valence-corrected chi connectivity index (χ3v) is 2.01. The van der Waals surface area contributed by atoms with Gasteiger partial charge in [-0.3, -0.25) is 15.0 Å². The van der Waals surface area contributed by atoms with E-state index in [2.05, 4.69) is 10.5 Å². The Morgan fingerprint density at radius 3 is 2.82 bits per heavy atom. The second-order valence-electron chi connectivity index (χ2n) is 3.38. The molecule has 2 N–H and O–H groups in total. The van der Waals surface area contributed by atoms with Crippen LogP contribution in [0.25, 0.3) is 0 Å². The summed E-state index contributed by atoms with van der Waals surface area (Å²) in [5, 5.41) is 13.4. The summed E-state index contributed by atoms with van der Waals surface area (Å²) in [7, 11) is 0. The van der Waals surface area contributed by atoms with E-state index >= 15 is 0 Å². The van der Waals surface area contributed by atoms with Crippen molar-refractivity contribution in [3.8, 4) is 5.75 Å². The standard InChI is InChI=1S/C11H11ClN2O3/c1-7(15)4-9(16)6-13-14-10-3-2-8(12)5-11(10)17/h2-3,5-6,14,17H,4H2,1H3/b13-6+. The van der Waals surface area contributed by atoms with Gasteiger partial charge in [0, 0.05) is 11.1 Å². The van der Waals surface area contributed by atoms with Gasteiger partial charge in [0.1, 0.15) is 11.5 Å². The molecule has 0 saturated heterocycles. The van der Waals surface area contributed by atoms with Crippen molar-refractivity contribution in [2.45, 2.75) is 13.3 Å². The first-order chi connectivity index (χ1) is 7.99. The molecule has 6 heteroatoms. The van der Waals surface area contributed by atoms with Gasteiger partial charge in [-0.2, -0.15) is 5.10 Å². The number of halogens is 1. The van der Waals surface area contributed by atoms with E-state index in [0.29, 0.717) is 10.7 Å². The summed E-state index contributed by atoms with van der Waals surface area (Å²) in [5.74, 6) is -0.706. The average Bonchev–Trinajstić information content (AvgIpc) is 2.20. The number of benzene rings is 1. The van der Waals surface area contributed by atoms with Crippen LogP contribution < -0.4 is 5.43 Å². The molecule has 0 heterocycles. The van der Waals surface area contributed by atoms with E-state index in [-0.39, 0.29) is 18.0 Å². The lowest BCUT2D eigenvalue weighted by atomic mass is 10.2. The van der Waals surface area contributed by atoms with Gasteiger partial charge >= 0.3 is 0 Å². The molecule has 1 rings (SSSR count). The van der Waals surface area contributed by atoms with E-state index in [4.69, 9.17) is 11.6 Å². The number of phenolic OH excluding ortho intramolecular Hbond substituents is 1. The van der Waals surface area contributed by atoms with Gasteiger partial charge < -0.3 is 5.11 Å². The van der Waals surface area contributed by atoms with Gasteiger partial charge in [0.25, 0.3) is 0 Å². The van der Waals surface area contributed by atoms with Crippen molar-refractivity contribution in [1.82, 2.24) is 0 Å². The maximum atomic E-state index is 11.1. The number of Topliss-reactive ketones (excluding diaryl/α,β-unsaturated/α-hetero) is 2. The number of carbonyl (C=O) groups excluding carboxylic acids is 2. The average molecular weight is 255 g/mol. The van der Waals surface area contributed by atoms with Gasteiger partial charge in [-0.05, 0) is 19.1 Å². The van der Waals surface area contributed by atoms with E-state index in [1.165, 1.54) is 19.1 Å². The molecular formula is C11H11ClN2O3. The van der Waals surface area contributed by atoms with Crippen LogP contribution in [0.1, 0.15) is 13.3 Å². The minimum Gasteiger partial charge on any atom is -0.506 e. The monoisotopic (exact) mass is 254 g/mol. The molecule has 0 saturated carbocycles. The quantitative estimate of drug-likeness (QED) is 0.365. The molecule has 0 unspecified atom stereocenters. The predicted molar refractivity (Wildman–Crippen MR) is 65.5 cm³/mol. The first-order valence-corrected chi connectivity index (χ1v) is 5.16. The Kier molecular flexibility index (Phi) is 4.66. The van der Waals surface area contributed by atoms with Crippen LogP contribution in [-0.4, -0.2) is 22.9 Å². The number of ketones is 2. The lowest BCUT2D eigenvalue weighted by Gasteiger charge is -2.02. The van der Waals surface area contributed by atoms with Crippen molar-refractivity contribution in [1.29, 1.82) is 0 Å². The molecule has 0 amide bonds. The molecule has 5 nitrogen and oxygen atoms in total. The fourth-order valence-electron chi connectivity index (χ4n) is 1.06. The van der Waals surface area contributed by atoms with Crippen molar-refractivity contribution >= 4 is 35.1 Å². The van der Waals surface area contributed by atoms with Gasteiger partial charge in [0.05, 0.1) is 18.3 Å². The normalized spacial score (nSPS) is 10.5. The number of hydrogen-bond acceptors (Lipinski definition) is 5. The summed E-state index contributed by atoms with van der Waals surface area (Å²) in [5.41, 5.74) is 2.79. The molecule has 0 aliphatic rings. The van der Waals surface area contributed by atoms with Crippen LogP contribution >= 0.6 is 11.6 Å². The summed E-state index contributed by atoms with van der Waals surface area (Å²) in [6.45, 7) is 1.32. The number of rotatable bonds is 5. The third kappa shape index (κ3) is 4.65. The van der Waals surface area contributed by atoms with E-state index in [0.717, 1.165) is 6.21 Å². The minimum absolute atomic E-state index is 0.0753. The minimum atomic E-state index is -0.404. The van der Waals surface area contributed by atoms with Gasteiger partial charge in [-0.25, -0.2) is 0 Å². The second kappa shape index (κ2) is 6.00. The highest BCUT2D eigenvalue weighted by molar-refractivity contribution is 6.31. The number of nitrogens with zero attached hydrogens (tertiary/aromatic N) is 1. The van der Waals surface area contributed by atoms with Crippen molar-refractivity contribution in [3.05, 3.63) is 23.2 Å². The maximum absolute atomic E-state index is 11.1. The van der Waals surface area contributed by atoms with Gasteiger partial charge in [-0.1, -0.05) is 11.6 Å². The molecule has 0 radical (unpaired) electrons. The van der Waals surface area contributed by atoms with Gasteiger partial charge in [0.15, 0.2) is 5.78 Å². The van der Waals surface area contributed by atoms with Crippen LogP contribution in [0.3, 0.4) is 0 Å². The van der Waals surface area contributed by atoms with Crippen LogP contribution in [0, 0.1) is 0 Å². The molecular weight excluding hydrogens is 244 g/mol. The number of nitrogens with one attached hydrogen (secondary N) is 1. The number of carbonyl (C=O) groups is 2. The Morgan fingerprint density at radius 1 is 1.53 bits per heavy atom. The summed E-state index contributed by atoms with van der Waals surface area (Å²) < 4.78 is 0. The molecule has 1 aromatic rings. The Bertz CT molecular complexity index is 472. The molecule has 0 fully saturated rings. The van der Waals surface area contributed by atoms with Crippen LogP contribution in [-0.2, 0) is 9.59 Å². The number of hydrogen-bond donors (Lipinski definition) is 2. The Morgan fingerprint density at radius 2 is 2.24 bits per heavy atom. The summed E-state index contributed by atoms with van der Waals surface area (Å²) in [6.07, 6.45) is 0.813. The van der Waals surface area contributed by atoms with Crippen LogP contribution in [0.4, 0.5) is 5.69 Å². The zero-order chi connectivity index (χ0) is 12.8. The van der Waals surface area contributed by atoms with Crippen LogP contribution in [0.2, 0.25) is 5.02 Å². The molecule has 0 bridgehead atoms. The van der Waals surface area contributed by atoms with Crippen LogP contribution in [0.15, 0.2) is 23.3 Å². The van der Waals surface area contributed by atoms with Crippen molar-refractivity contribution in [3.63, 3.8) is 0 Å². The van der Waals surface area contributed by atoms with Crippen molar-refractivity contribution in [2.75, 3.05) is 5.43 Å². The summed E-state index contributed by atoms with van der Waals surface area (Å²) >= 11 is 5.64. The predicted octanol–water partition coefficient (Wildman–Crippen LogP) is 1.99. The molecule has 90 valence electrons. The van der Waals surface area contributed by atoms with E-state index < -0.39 is 5.78 Å². The zero-order valence-electron chi connectivity index (χ0n) is 9.11. The van der Waals surface area contributed by atoms with Crippen LogP contribution in [0.5, 0.6) is 5.75 Å². The first kappa shape index (κ1) is 13.2. The smallest absolute Gasteiger partial charge is 0.182 e. The SMILES string of the molecule is CC(=O)CC(=O)/C=N/Nc1ccc(Cl)cc1O. The third-order valence-electron chi connectivity index (χ3n) is 1.78. The number of phenols is 1. The Labute approximate surface area is 103 Å². The molecule has 0 aliphatic heterocycles. The topological polar surface area (TPSA) is 78.8 Å². The number of aromatic hydroxyl groups is 1. The summed E-state index contributed by atoms with van der Waals surface area (Å²) in [4.78, 5) is 21.7. The molecule has 0 spiro atoms. The highest BCUT2D eigenvalue weighted by Crippen LogP contribution is 2.26.